The van der Waals surface area contributed by atoms with Gasteiger partial charge in [-0.2, -0.15) is 0 Å². The molecule has 28 heavy (non-hydrogen) atoms. The van der Waals surface area contributed by atoms with Gasteiger partial charge in [-0.25, -0.2) is 0 Å². The lowest BCUT2D eigenvalue weighted by Gasteiger charge is -2.20. The molecule has 0 saturated heterocycles. The minimum absolute atomic E-state index is 0.0230. The van der Waals surface area contributed by atoms with Crippen molar-refractivity contribution in [2.45, 2.75) is 50.6 Å². The second-order valence-electron chi connectivity index (χ2n) is 6.17. The standard InChI is InChI=1S/C16H33N9O3/c17-11(5-3-8-23-15(18)19)13(27)25-12(6-4-9-24-16(20)21)14(28)22-7-1-2-10-26/h10-12H,1-9,17H2,(H,22,28)(H,25,27)(H4,18,19,23)(H4,20,21,24)/t11-,12-/m1/s1. The lowest BCUT2D eigenvalue weighted by molar-refractivity contribution is -0.129. The molecular weight excluding hydrogens is 366 g/mol. The second kappa shape index (κ2) is 15.2. The maximum Gasteiger partial charge on any atom is 0.242 e. The Labute approximate surface area is 164 Å². The maximum atomic E-state index is 12.3. The predicted molar refractivity (Wildman–Crippen MR) is 108 cm³/mol. The zero-order valence-electron chi connectivity index (χ0n) is 16.1. The first-order valence-corrected chi connectivity index (χ1v) is 9.16. The number of hydrogen-bond donors (Lipinski definition) is 7. The van der Waals surface area contributed by atoms with Crippen LogP contribution in [0.25, 0.3) is 0 Å². The Morgan fingerprint density at radius 1 is 0.893 bits per heavy atom. The van der Waals surface area contributed by atoms with Crippen molar-refractivity contribution in [3.05, 3.63) is 0 Å². The van der Waals surface area contributed by atoms with Crippen LogP contribution in [0.15, 0.2) is 9.98 Å². The molecule has 2 amide bonds. The van der Waals surface area contributed by atoms with Gasteiger partial charge in [0.1, 0.15) is 12.3 Å². The molecule has 0 aliphatic carbocycles. The first kappa shape index (κ1) is 25.1. The van der Waals surface area contributed by atoms with Gasteiger partial charge in [0.2, 0.25) is 11.8 Å². The van der Waals surface area contributed by atoms with E-state index in [-0.39, 0.29) is 17.8 Å². The summed E-state index contributed by atoms with van der Waals surface area (Å²) in [6.45, 7) is 1.03. The van der Waals surface area contributed by atoms with E-state index in [1.54, 1.807) is 0 Å². The van der Waals surface area contributed by atoms with Crippen LogP contribution in [0.4, 0.5) is 0 Å². The normalized spacial score (nSPS) is 12.3. The average molecular weight is 400 g/mol. The number of carbonyl (C=O) groups is 3. The molecule has 0 bridgehead atoms. The van der Waals surface area contributed by atoms with E-state index in [1.807, 2.05) is 0 Å². The summed E-state index contributed by atoms with van der Waals surface area (Å²) in [6, 6.07) is -1.57. The molecule has 0 fully saturated rings. The molecule has 0 saturated carbocycles. The van der Waals surface area contributed by atoms with E-state index >= 15 is 0 Å². The van der Waals surface area contributed by atoms with Gasteiger partial charge in [-0.3, -0.25) is 19.6 Å². The third-order valence-electron chi connectivity index (χ3n) is 3.68. The van der Waals surface area contributed by atoms with E-state index in [0.29, 0.717) is 58.2 Å². The van der Waals surface area contributed by atoms with E-state index in [2.05, 4.69) is 20.6 Å². The minimum Gasteiger partial charge on any atom is -0.370 e. The highest BCUT2D eigenvalue weighted by Crippen LogP contribution is 2.02. The summed E-state index contributed by atoms with van der Waals surface area (Å²) >= 11 is 0. The van der Waals surface area contributed by atoms with Crippen molar-refractivity contribution in [3.8, 4) is 0 Å². The Bertz CT molecular complexity index is 543. The van der Waals surface area contributed by atoms with Crippen molar-refractivity contribution in [2.24, 2.45) is 38.7 Å². The lowest BCUT2D eigenvalue weighted by atomic mass is 10.1. The van der Waals surface area contributed by atoms with Crippen molar-refractivity contribution in [1.82, 2.24) is 10.6 Å². The van der Waals surface area contributed by atoms with Gasteiger partial charge >= 0.3 is 0 Å². The number of aldehydes is 1. The van der Waals surface area contributed by atoms with Crippen LogP contribution in [0, 0.1) is 0 Å². The molecule has 0 aliphatic rings. The average Bonchev–Trinajstić information content (AvgIpc) is 2.63. The highest BCUT2D eigenvalue weighted by molar-refractivity contribution is 5.89. The van der Waals surface area contributed by atoms with Crippen LogP contribution in [0.3, 0.4) is 0 Å². The van der Waals surface area contributed by atoms with Crippen LogP contribution >= 0.6 is 0 Å². The molecule has 0 rings (SSSR count). The van der Waals surface area contributed by atoms with Crippen molar-refractivity contribution in [3.63, 3.8) is 0 Å². The highest BCUT2D eigenvalue weighted by atomic mass is 16.2. The molecular formula is C16H33N9O3. The SMILES string of the molecule is NC(N)=NCCC[C@@H](N)C(=O)N[C@H](CCCN=C(N)N)C(=O)NCCCC=O. The van der Waals surface area contributed by atoms with Gasteiger partial charge < -0.3 is 44.1 Å². The fourth-order valence-electron chi connectivity index (χ4n) is 2.22. The lowest BCUT2D eigenvalue weighted by Crippen LogP contribution is -2.51. The van der Waals surface area contributed by atoms with Crippen molar-refractivity contribution in [2.75, 3.05) is 19.6 Å². The molecule has 0 spiro atoms. The van der Waals surface area contributed by atoms with Gasteiger partial charge in [-0.1, -0.05) is 0 Å². The zero-order chi connectivity index (χ0) is 21.4. The molecule has 0 aliphatic heterocycles. The number of aliphatic imine (C=N–C) groups is 2. The molecule has 12 nitrogen and oxygen atoms in total. The van der Waals surface area contributed by atoms with Crippen molar-refractivity contribution < 1.29 is 14.4 Å². The van der Waals surface area contributed by atoms with Crippen molar-refractivity contribution >= 4 is 30.0 Å². The number of nitrogens with one attached hydrogen (secondary N) is 2. The molecule has 0 aromatic heterocycles. The Balaban J connectivity index is 4.62. The number of guanidine groups is 2. The fraction of sp³-hybridized carbons (Fsp3) is 0.688. The number of amides is 2. The van der Waals surface area contributed by atoms with E-state index in [1.165, 1.54) is 0 Å². The molecule has 0 aromatic carbocycles. The summed E-state index contributed by atoms with van der Waals surface area (Å²) in [5.74, 6) is -0.858. The number of nitrogens with two attached hydrogens (primary N) is 5. The van der Waals surface area contributed by atoms with E-state index in [9.17, 15) is 14.4 Å². The Morgan fingerprint density at radius 3 is 2.00 bits per heavy atom. The van der Waals surface area contributed by atoms with Gasteiger partial charge in [0, 0.05) is 26.1 Å². The van der Waals surface area contributed by atoms with Gasteiger partial charge in [0.15, 0.2) is 11.9 Å². The first-order valence-electron chi connectivity index (χ1n) is 9.16. The molecule has 0 unspecified atom stereocenters. The van der Waals surface area contributed by atoms with E-state index in [0.717, 1.165) is 6.29 Å². The number of unbranched alkanes of at least 4 members (excludes halogenated alkanes) is 1. The maximum absolute atomic E-state index is 12.3. The van der Waals surface area contributed by atoms with E-state index < -0.39 is 18.0 Å². The van der Waals surface area contributed by atoms with Gasteiger partial charge in [0.05, 0.1) is 6.04 Å². The third kappa shape index (κ3) is 13.3. The van der Waals surface area contributed by atoms with Crippen LogP contribution in [0.5, 0.6) is 0 Å². The molecule has 160 valence electrons. The Kier molecular flexibility index (Phi) is 13.6. The number of rotatable bonds is 15. The Morgan fingerprint density at radius 2 is 1.46 bits per heavy atom. The third-order valence-corrected chi connectivity index (χ3v) is 3.68. The smallest absolute Gasteiger partial charge is 0.242 e. The summed E-state index contributed by atoms with van der Waals surface area (Å²) in [7, 11) is 0. The quantitative estimate of drug-likeness (QED) is 0.0647. The summed E-state index contributed by atoms with van der Waals surface area (Å²) in [6.07, 6.45) is 3.37. The van der Waals surface area contributed by atoms with Crippen LogP contribution < -0.4 is 39.3 Å². The number of carbonyl (C=O) groups excluding carboxylic acids is 3. The van der Waals surface area contributed by atoms with Crippen LogP contribution in [-0.4, -0.2) is 61.7 Å². The van der Waals surface area contributed by atoms with Gasteiger partial charge in [-0.05, 0) is 32.1 Å². The molecule has 2 atom stereocenters. The number of hydrogen-bond acceptors (Lipinski definition) is 6. The predicted octanol–water partition coefficient (Wildman–Crippen LogP) is -3.00. The van der Waals surface area contributed by atoms with E-state index in [4.69, 9.17) is 28.7 Å². The van der Waals surface area contributed by atoms with Crippen LogP contribution in [0.2, 0.25) is 0 Å². The summed E-state index contributed by atoms with van der Waals surface area (Å²) in [4.78, 5) is 42.6. The fourth-order valence-corrected chi connectivity index (χ4v) is 2.22. The van der Waals surface area contributed by atoms with Gasteiger partial charge in [-0.15, -0.1) is 0 Å². The second-order valence-corrected chi connectivity index (χ2v) is 6.17. The van der Waals surface area contributed by atoms with Gasteiger partial charge in [0.25, 0.3) is 0 Å². The number of nitrogens with zero attached hydrogens (tertiary/aromatic N) is 2. The highest BCUT2D eigenvalue weighted by Gasteiger charge is 2.23. The monoisotopic (exact) mass is 399 g/mol. The topological polar surface area (TPSA) is 230 Å². The zero-order valence-corrected chi connectivity index (χ0v) is 16.1. The molecule has 12 heteroatoms. The largest absolute Gasteiger partial charge is 0.370 e. The summed E-state index contributed by atoms with van der Waals surface area (Å²) in [5, 5.41) is 5.35. The minimum atomic E-state index is -0.794. The molecule has 0 heterocycles. The molecule has 0 aromatic rings. The molecule has 12 N–H and O–H groups in total. The van der Waals surface area contributed by atoms with Crippen molar-refractivity contribution in [1.29, 1.82) is 0 Å². The summed E-state index contributed by atoms with van der Waals surface area (Å²) < 4.78 is 0. The Hall–Kier alpha value is -2.89. The summed E-state index contributed by atoms with van der Waals surface area (Å²) in [5.41, 5.74) is 26.9. The van der Waals surface area contributed by atoms with Crippen LogP contribution in [0.1, 0.15) is 38.5 Å². The first-order chi connectivity index (χ1) is 13.3. The van der Waals surface area contributed by atoms with Crippen LogP contribution in [-0.2, 0) is 14.4 Å². The molecule has 0 radical (unpaired) electrons.